The van der Waals surface area contributed by atoms with Crippen LogP contribution in [-0.4, -0.2) is 33.1 Å². The molecule has 2 rings (SSSR count). The van der Waals surface area contributed by atoms with Crippen molar-refractivity contribution >= 4 is 11.6 Å². The summed E-state index contributed by atoms with van der Waals surface area (Å²) in [5.41, 5.74) is 6.66. The van der Waals surface area contributed by atoms with Crippen molar-refractivity contribution in [1.29, 1.82) is 0 Å². The summed E-state index contributed by atoms with van der Waals surface area (Å²) in [7, 11) is 0. The molecule has 0 spiro atoms. The molecule has 2 aromatic rings. The third-order valence-corrected chi connectivity index (χ3v) is 3.16. The fourth-order valence-electron chi connectivity index (χ4n) is 2.16. The van der Waals surface area contributed by atoms with Crippen LogP contribution in [0, 0.1) is 0 Å². The van der Waals surface area contributed by atoms with E-state index < -0.39 is 0 Å². The number of rotatable bonds is 7. The zero-order chi connectivity index (χ0) is 14.4. The molecule has 2 heterocycles. The van der Waals surface area contributed by atoms with Gasteiger partial charge in [-0.05, 0) is 18.6 Å². The SMILES string of the molecule is CCCC(N)CC(=O)NCCc1nnc2ccccn12. The number of amides is 1. The lowest BCUT2D eigenvalue weighted by Gasteiger charge is -2.10. The molecule has 1 unspecified atom stereocenters. The average molecular weight is 275 g/mol. The van der Waals surface area contributed by atoms with Gasteiger partial charge < -0.3 is 11.1 Å². The van der Waals surface area contributed by atoms with E-state index in [-0.39, 0.29) is 11.9 Å². The van der Waals surface area contributed by atoms with Gasteiger partial charge in [0, 0.05) is 31.6 Å². The Morgan fingerprint density at radius 1 is 1.45 bits per heavy atom. The quantitative estimate of drug-likeness (QED) is 0.786. The predicted molar refractivity (Wildman–Crippen MR) is 77.2 cm³/mol. The molecule has 0 bridgehead atoms. The fourth-order valence-corrected chi connectivity index (χ4v) is 2.16. The third kappa shape index (κ3) is 3.77. The molecule has 0 aliphatic heterocycles. The lowest BCUT2D eigenvalue weighted by molar-refractivity contribution is -0.121. The summed E-state index contributed by atoms with van der Waals surface area (Å²) in [5.74, 6) is 0.846. The average Bonchev–Trinajstić information content (AvgIpc) is 2.82. The Kier molecular flexibility index (Phi) is 5.06. The number of hydrogen-bond acceptors (Lipinski definition) is 4. The summed E-state index contributed by atoms with van der Waals surface area (Å²) in [5, 5.41) is 11.1. The van der Waals surface area contributed by atoms with Crippen LogP contribution in [0.1, 0.15) is 32.0 Å². The van der Waals surface area contributed by atoms with Crippen LogP contribution in [0.15, 0.2) is 24.4 Å². The maximum Gasteiger partial charge on any atom is 0.221 e. The van der Waals surface area contributed by atoms with Gasteiger partial charge in [-0.25, -0.2) is 0 Å². The molecule has 20 heavy (non-hydrogen) atoms. The largest absolute Gasteiger partial charge is 0.356 e. The first-order chi connectivity index (χ1) is 9.70. The van der Waals surface area contributed by atoms with Crippen LogP contribution >= 0.6 is 0 Å². The maximum absolute atomic E-state index is 11.7. The van der Waals surface area contributed by atoms with Crippen molar-refractivity contribution in [1.82, 2.24) is 19.9 Å². The molecular formula is C14H21N5O. The topological polar surface area (TPSA) is 85.3 Å². The summed E-state index contributed by atoms with van der Waals surface area (Å²) < 4.78 is 1.93. The summed E-state index contributed by atoms with van der Waals surface area (Å²) in [6.07, 6.45) is 4.83. The molecule has 6 heteroatoms. The monoisotopic (exact) mass is 275 g/mol. The van der Waals surface area contributed by atoms with Gasteiger partial charge in [0.15, 0.2) is 5.65 Å². The molecule has 0 fully saturated rings. The minimum atomic E-state index is -0.0473. The number of nitrogens with zero attached hydrogens (tertiary/aromatic N) is 3. The molecule has 1 amide bonds. The van der Waals surface area contributed by atoms with Crippen molar-refractivity contribution in [3.63, 3.8) is 0 Å². The van der Waals surface area contributed by atoms with Crippen LogP contribution in [0.5, 0.6) is 0 Å². The Hall–Kier alpha value is -1.95. The maximum atomic E-state index is 11.7. The van der Waals surface area contributed by atoms with Gasteiger partial charge in [0.2, 0.25) is 5.91 Å². The van der Waals surface area contributed by atoms with Gasteiger partial charge in [-0.2, -0.15) is 0 Å². The highest BCUT2D eigenvalue weighted by atomic mass is 16.1. The van der Waals surface area contributed by atoms with Crippen LogP contribution in [0.3, 0.4) is 0 Å². The van der Waals surface area contributed by atoms with E-state index >= 15 is 0 Å². The molecule has 0 aliphatic carbocycles. The van der Waals surface area contributed by atoms with Crippen molar-refractivity contribution < 1.29 is 4.79 Å². The molecule has 6 nitrogen and oxygen atoms in total. The highest BCUT2D eigenvalue weighted by Crippen LogP contribution is 2.03. The Labute approximate surface area is 118 Å². The van der Waals surface area contributed by atoms with Crippen molar-refractivity contribution in [2.45, 2.75) is 38.6 Å². The smallest absolute Gasteiger partial charge is 0.221 e. The fraction of sp³-hybridized carbons (Fsp3) is 0.500. The molecule has 108 valence electrons. The number of pyridine rings is 1. The number of aromatic nitrogens is 3. The highest BCUT2D eigenvalue weighted by molar-refractivity contribution is 5.76. The van der Waals surface area contributed by atoms with Crippen LogP contribution in [0.2, 0.25) is 0 Å². The molecule has 0 aliphatic rings. The normalized spacial score (nSPS) is 12.5. The van der Waals surface area contributed by atoms with Gasteiger partial charge in [0.25, 0.3) is 0 Å². The van der Waals surface area contributed by atoms with Gasteiger partial charge in [-0.1, -0.05) is 19.4 Å². The molecule has 0 saturated heterocycles. The number of nitrogens with two attached hydrogens (primary N) is 1. The standard InChI is InChI=1S/C14H21N5O/c1-2-5-11(15)10-14(20)16-8-7-13-18-17-12-6-3-4-9-19(12)13/h3-4,6,9,11H,2,5,7-8,10,15H2,1H3,(H,16,20). The highest BCUT2D eigenvalue weighted by Gasteiger charge is 2.09. The van der Waals surface area contributed by atoms with Crippen LogP contribution in [0.25, 0.3) is 5.65 Å². The predicted octanol–water partition coefficient (Wildman–Crippen LogP) is 0.905. The van der Waals surface area contributed by atoms with Crippen molar-refractivity contribution in [3.05, 3.63) is 30.2 Å². The summed E-state index contributed by atoms with van der Waals surface area (Å²) >= 11 is 0. The number of nitrogens with one attached hydrogen (secondary N) is 1. The second-order valence-corrected chi connectivity index (χ2v) is 4.90. The first-order valence-corrected chi connectivity index (χ1v) is 7.01. The van der Waals surface area contributed by atoms with Crippen molar-refractivity contribution in [2.24, 2.45) is 5.73 Å². The number of fused-ring (bicyclic) bond motifs is 1. The Morgan fingerprint density at radius 3 is 3.10 bits per heavy atom. The second-order valence-electron chi connectivity index (χ2n) is 4.90. The van der Waals surface area contributed by atoms with E-state index in [1.54, 1.807) is 0 Å². The lowest BCUT2D eigenvalue weighted by atomic mass is 10.1. The molecule has 1 atom stereocenters. The summed E-state index contributed by atoms with van der Waals surface area (Å²) in [6, 6.07) is 5.71. The van der Waals surface area contributed by atoms with Gasteiger partial charge in [-0.3, -0.25) is 9.20 Å². The Balaban J connectivity index is 1.80. The van der Waals surface area contributed by atoms with Gasteiger partial charge in [0.05, 0.1) is 0 Å². The summed E-state index contributed by atoms with van der Waals surface area (Å²) in [4.78, 5) is 11.7. The molecule has 0 saturated carbocycles. The molecule has 0 radical (unpaired) electrons. The first-order valence-electron chi connectivity index (χ1n) is 7.01. The lowest BCUT2D eigenvalue weighted by Crippen LogP contribution is -2.32. The Morgan fingerprint density at radius 2 is 2.30 bits per heavy atom. The minimum Gasteiger partial charge on any atom is -0.356 e. The van der Waals surface area contributed by atoms with E-state index in [1.807, 2.05) is 28.8 Å². The minimum absolute atomic E-state index is 0.000212. The summed E-state index contributed by atoms with van der Waals surface area (Å²) in [6.45, 7) is 2.61. The molecule has 3 N–H and O–H groups in total. The second kappa shape index (κ2) is 7.00. The van der Waals surface area contributed by atoms with E-state index in [9.17, 15) is 4.79 Å². The van der Waals surface area contributed by atoms with Crippen LogP contribution in [-0.2, 0) is 11.2 Å². The zero-order valence-corrected chi connectivity index (χ0v) is 11.7. The Bertz CT molecular complexity index is 565. The van der Waals surface area contributed by atoms with E-state index in [4.69, 9.17) is 5.73 Å². The van der Waals surface area contributed by atoms with E-state index in [1.165, 1.54) is 0 Å². The van der Waals surface area contributed by atoms with Gasteiger partial charge >= 0.3 is 0 Å². The van der Waals surface area contributed by atoms with E-state index in [2.05, 4.69) is 22.4 Å². The third-order valence-electron chi connectivity index (χ3n) is 3.16. The molecule has 0 aromatic carbocycles. The van der Waals surface area contributed by atoms with Crippen LogP contribution < -0.4 is 11.1 Å². The zero-order valence-electron chi connectivity index (χ0n) is 11.7. The molecule has 2 aromatic heterocycles. The van der Waals surface area contributed by atoms with E-state index in [0.29, 0.717) is 19.4 Å². The van der Waals surface area contributed by atoms with Crippen molar-refractivity contribution in [2.75, 3.05) is 6.54 Å². The van der Waals surface area contributed by atoms with E-state index in [0.717, 1.165) is 24.3 Å². The van der Waals surface area contributed by atoms with Crippen LogP contribution in [0.4, 0.5) is 0 Å². The first kappa shape index (κ1) is 14.5. The van der Waals surface area contributed by atoms with Gasteiger partial charge in [0.1, 0.15) is 5.82 Å². The molecular weight excluding hydrogens is 254 g/mol. The number of carbonyl (C=O) groups excluding carboxylic acids is 1. The number of carbonyl (C=O) groups is 1. The van der Waals surface area contributed by atoms with Crippen molar-refractivity contribution in [3.8, 4) is 0 Å². The number of hydrogen-bond donors (Lipinski definition) is 2. The van der Waals surface area contributed by atoms with Gasteiger partial charge in [-0.15, -0.1) is 10.2 Å².